The van der Waals surface area contributed by atoms with Crippen molar-refractivity contribution in [3.63, 3.8) is 0 Å². The molecule has 8 heteroatoms. The Morgan fingerprint density at radius 3 is 2.81 bits per heavy atom. The van der Waals surface area contributed by atoms with E-state index >= 15 is 0 Å². The summed E-state index contributed by atoms with van der Waals surface area (Å²) in [6.07, 6.45) is 4.51. The molecule has 3 atom stereocenters. The van der Waals surface area contributed by atoms with Crippen molar-refractivity contribution < 1.29 is 19.4 Å². The van der Waals surface area contributed by atoms with Crippen LogP contribution in [0.3, 0.4) is 0 Å². The number of nitrogens with one attached hydrogen (secondary N) is 1. The summed E-state index contributed by atoms with van der Waals surface area (Å²) in [4.78, 5) is 26.8. The summed E-state index contributed by atoms with van der Waals surface area (Å²) in [6, 6.07) is 7.42. The summed E-state index contributed by atoms with van der Waals surface area (Å²) in [7, 11) is 1.66. The summed E-state index contributed by atoms with van der Waals surface area (Å²) in [6.45, 7) is 4.07. The van der Waals surface area contributed by atoms with Crippen LogP contribution in [0, 0.1) is 6.92 Å². The van der Waals surface area contributed by atoms with Gasteiger partial charge in [0.05, 0.1) is 29.8 Å². The Morgan fingerprint density at radius 1 is 1.28 bits per heavy atom. The lowest BCUT2D eigenvalue weighted by Gasteiger charge is -2.43. The maximum atomic E-state index is 13.0. The lowest BCUT2D eigenvalue weighted by molar-refractivity contribution is -0.122. The Hall–Kier alpha value is -3.39. The smallest absolute Gasteiger partial charge is 0.256 e. The number of amides is 2. The molecule has 3 aromatic rings. The molecule has 8 nitrogen and oxygen atoms in total. The van der Waals surface area contributed by atoms with Crippen molar-refractivity contribution >= 4 is 17.3 Å². The third kappa shape index (κ3) is 3.14. The zero-order valence-electron chi connectivity index (χ0n) is 18.3. The van der Waals surface area contributed by atoms with Gasteiger partial charge in [0.15, 0.2) is 5.75 Å². The van der Waals surface area contributed by atoms with Crippen LogP contribution >= 0.6 is 0 Å². The fourth-order valence-corrected chi connectivity index (χ4v) is 4.77. The van der Waals surface area contributed by atoms with E-state index in [2.05, 4.69) is 10.4 Å². The van der Waals surface area contributed by atoms with E-state index in [9.17, 15) is 14.7 Å². The number of rotatable bonds is 4. The van der Waals surface area contributed by atoms with Gasteiger partial charge in [-0.05, 0) is 55.5 Å². The third-order valence-corrected chi connectivity index (χ3v) is 6.80. The highest BCUT2D eigenvalue weighted by atomic mass is 16.5. The molecule has 0 spiro atoms. The highest BCUT2D eigenvalue weighted by Gasteiger charge is 2.38. The molecule has 1 saturated heterocycles. The number of hydrogen-bond acceptors (Lipinski definition) is 5. The van der Waals surface area contributed by atoms with Crippen LogP contribution in [0.25, 0.3) is 5.52 Å². The molecule has 0 saturated carbocycles. The van der Waals surface area contributed by atoms with Crippen LogP contribution in [0.5, 0.6) is 11.5 Å². The van der Waals surface area contributed by atoms with Crippen LogP contribution in [0.15, 0.2) is 36.7 Å². The van der Waals surface area contributed by atoms with Crippen LogP contribution in [0.4, 0.5) is 0 Å². The summed E-state index contributed by atoms with van der Waals surface area (Å²) >= 11 is 0. The molecule has 0 bridgehead atoms. The van der Waals surface area contributed by atoms with Gasteiger partial charge in [-0.15, -0.1) is 0 Å². The number of aryl methyl sites for hydroxylation is 2. The minimum Gasteiger partial charge on any atom is -0.455 e. The van der Waals surface area contributed by atoms with Gasteiger partial charge in [0.2, 0.25) is 5.91 Å². The average molecular weight is 434 g/mol. The van der Waals surface area contributed by atoms with Crippen LogP contribution in [-0.4, -0.2) is 57.2 Å². The van der Waals surface area contributed by atoms with Crippen molar-refractivity contribution in [3.8, 4) is 11.5 Å². The molecule has 1 aromatic carbocycles. The normalized spacial score (nSPS) is 21.9. The van der Waals surface area contributed by atoms with Gasteiger partial charge >= 0.3 is 0 Å². The van der Waals surface area contributed by atoms with Gasteiger partial charge < -0.3 is 20.1 Å². The Bertz CT molecular complexity index is 1230. The number of aliphatic hydroxyl groups excluding tert-OH is 1. The van der Waals surface area contributed by atoms with Crippen molar-refractivity contribution in [2.75, 3.05) is 13.6 Å². The standard InChI is InChI=1S/C24H26N4O4/c1-13-19(24(31)27-12-20(29)14(27)2)11-28-22(13)21(8-9-26-28)32-16-5-7-17-15(10-16)4-6-18(17)23(30)25-3/h5,7-11,14,18,20,29H,4,6,12H2,1-3H3,(H,25,30)/t14-,18?,20-/m1/s1. The predicted octanol–water partition coefficient (Wildman–Crippen LogP) is 2.42. The van der Waals surface area contributed by atoms with E-state index in [-0.39, 0.29) is 23.8 Å². The molecule has 1 fully saturated rings. The van der Waals surface area contributed by atoms with E-state index in [1.165, 1.54) is 0 Å². The second-order valence-corrected chi connectivity index (χ2v) is 8.59. The third-order valence-electron chi connectivity index (χ3n) is 6.80. The number of likely N-dealkylation sites (N-methyl/N-ethyl adjacent to an activating group) is 1. The van der Waals surface area contributed by atoms with Gasteiger partial charge in [0.25, 0.3) is 5.91 Å². The summed E-state index contributed by atoms with van der Waals surface area (Å²) < 4.78 is 7.89. The van der Waals surface area contributed by atoms with E-state index in [1.807, 2.05) is 32.0 Å². The van der Waals surface area contributed by atoms with Crippen LogP contribution < -0.4 is 10.1 Å². The van der Waals surface area contributed by atoms with E-state index in [1.54, 1.807) is 34.9 Å². The Labute approximate surface area is 185 Å². The molecular formula is C24H26N4O4. The fraction of sp³-hybridized carbons (Fsp3) is 0.375. The molecule has 3 heterocycles. The molecule has 1 aliphatic heterocycles. The Kier molecular flexibility index (Phi) is 4.89. The van der Waals surface area contributed by atoms with Crippen LogP contribution in [-0.2, 0) is 11.2 Å². The van der Waals surface area contributed by atoms with Gasteiger partial charge in [-0.25, -0.2) is 4.52 Å². The first-order valence-electron chi connectivity index (χ1n) is 10.9. The molecule has 2 amide bonds. The predicted molar refractivity (Wildman–Crippen MR) is 118 cm³/mol. The maximum Gasteiger partial charge on any atom is 0.256 e. The first kappa shape index (κ1) is 20.5. The molecule has 2 aliphatic rings. The molecule has 5 rings (SSSR count). The van der Waals surface area contributed by atoms with E-state index in [4.69, 9.17) is 4.74 Å². The first-order chi connectivity index (χ1) is 15.4. The summed E-state index contributed by atoms with van der Waals surface area (Å²) in [5, 5.41) is 16.9. The number of aromatic nitrogens is 2. The second-order valence-electron chi connectivity index (χ2n) is 8.59. The lowest BCUT2D eigenvalue weighted by atomic mass is 9.99. The van der Waals surface area contributed by atoms with Crippen LogP contribution in [0.2, 0.25) is 0 Å². The van der Waals surface area contributed by atoms with Crippen LogP contribution in [0.1, 0.15) is 46.3 Å². The van der Waals surface area contributed by atoms with Gasteiger partial charge in [0, 0.05) is 25.9 Å². The van der Waals surface area contributed by atoms with Crippen molar-refractivity contribution in [1.82, 2.24) is 19.8 Å². The number of carbonyl (C=O) groups excluding carboxylic acids is 2. The van der Waals surface area contributed by atoms with E-state index < -0.39 is 6.10 Å². The van der Waals surface area contributed by atoms with Gasteiger partial charge in [-0.3, -0.25) is 9.59 Å². The molecule has 32 heavy (non-hydrogen) atoms. The molecule has 0 radical (unpaired) electrons. The molecule has 2 N–H and O–H groups in total. The number of nitrogens with zero attached hydrogens (tertiary/aromatic N) is 3. The molecule has 1 unspecified atom stereocenters. The number of ether oxygens (including phenoxy) is 1. The SMILES string of the molecule is CNC(=O)C1CCc2cc(Oc3ccnn4cc(C(=O)N5C[C@@H](O)[C@H]5C)c(C)c34)ccc21. The summed E-state index contributed by atoms with van der Waals surface area (Å²) in [5.74, 6) is 1.10. The average Bonchev–Trinajstić information content (AvgIpc) is 3.37. The lowest BCUT2D eigenvalue weighted by Crippen LogP contribution is -2.60. The highest BCUT2D eigenvalue weighted by molar-refractivity contribution is 5.99. The number of carbonyl (C=O) groups is 2. The van der Waals surface area contributed by atoms with Crippen molar-refractivity contribution in [3.05, 3.63) is 58.9 Å². The largest absolute Gasteiger partial charge is 0.455 e. The molecule has 166 valence electrons. The molecule has 2 aromatic heterocycles. The van der Waals surface area contributed by atoms with Gasteiger partial charge in [-0.1, -0.05) is 6.07 Å². The van der Waals surface area contributed by atoms with Crippen molar-refractivity contribution in [2.24, 2.45) is 0 Å². The number of hydrogen-bond donors (Lipinski definition) is 2. The Morgan fingerprint density at radius 2 is 2.09 bits per heavy atom. The fourth-order valence-electron chi connectivity index (χ4n) is 4.77. The minimum absolute atomic E-state index is 0.0401. The van der Waals surface area contributed by atoms with Crippen molar-refractivity contribution in [2.45, 2.75) is 44.8 Å². The zero-order valence-corrected chi connectivity index (χ0v) is 18.3. The van der Waals surface area contributed by atoms with E-state index in [0.717, 1.165) is 35.0 Å². The quantitative estimate of drug-likeness (QED) is 0.658. The molecular weight excluding hydrogens is 408 g/mol. The Balaban J connectivity index is 1.45. The number of β-amino-alcohol motifs (C(OH)–C–C–N with tert-alkyl or cyclic N) is 1. The molecule has 1 aliphatic carbocycles. The summed E-state index contributed by atoms with van der Waals surface area (Å²) in [5.41, 5.74) is 4.24. The minimum atomic E-state index is -0.476. The van der Waals surface area contributed by atoms with E-state index in [0.29, 0.717) is 23.6 Å². The first-order valence-corrected chi connectivity index (χ1v) is 10.9. The van der Waals surface area contributed by atoms with Gasteiger partial charge in [-0.2, -0.15) is 5.10 Å². The second kappa shape index (κ2) is 7.63. The topological polar surface area (TPSA) is 96.2 Å². The monoisotopic (exact) mass is 434 g/mol. The van der Waals surface area contributed by atoms with Gasteiger partial charge in [0.1, 0.15) is 11.3 Å². The number of aliphatic hydroxyl groups is 1. The highest BCUT2D eigenvalue weighted by Crippen LogP contribution is 2.37. The number of fused-ring (bicyclic) bond motifs is 2. The number of benzene rings is 1. The van der Waals surface area contributed by atoms with Crippen molar-refractivity contribution in [1.29, 1.82) is 0 Å². The zero-order chi connectivity index (χ0) is 22.6. The maximum absolute atomic E-state index is 13.0. The number of likely N-dealkylation sites (tertiary alicyclic amines) is 1.